The van der Waals surface area contributed by atoms with Crippen molar-refractivity contribution in [2.45, 2.75) is 51.7 Å². The summed E-state index contributed by atoms with van der Waals surface area (Å²) in [6.07, 6.45) is 4.97. The third-order valence-corrected chi connectivity index (χ3v) is 4.64. The first-order valence-corrected chi connectivity index (χ1v) is 9.56. The Labute approximate surface area is 170 Å². The molecular formula is C18H37IN4O2. The molecule has 25 heavy (non-hydrogen) atoms. The monoisotopic (exact) mass is 468 g/mol. The zero-order valence-electron chi connectivity index (χ0n) is 16.1. The molecule has 2 fully saturated rings. The van der Waals surface area contributed by atoms with E-state index in [1.165, 1.54) is 38.9 Å². The second kappa shape index (κ2) is 13.1. The number of hydrogen-bond donors (Lipinski definition) is 2. The molecule has 2 saturated heterocycles. The van der Waals surface area contributed by atoms with Crippen molar-refractivity contribution in [3.05, 3.63) is 0 Å². The lowest BCUT2D eigenvalue weighted by Gasteiger charge is -2.33. The molecule has 0 aromatic heterocycles. The maximum absolute atomic E-state index is 5.68. The van der Waals surface area contributed by atoms with Crippen LogP contribution in [0.3, 0.4) is 0 Å². The quantitative estimate of drug-likeness (QED) is 0.247. The molecule has 0 aromatic rings. The van der Waals surface area contributed by atoms with Gasteiger partial charge in [0.2, 0.25) is 0 Å². The summed E-state index contributed by atoms with van der Waals surface area (Å²) in [4.78, 5) is 6.89. The highest BCUT2D eigenvalue weighted by Gasteiger charge is 2.20. The van der Waals surface area contributed by atoms with Gasteiger partial charge in [-0.1, -0.05) is 13.8 Å². The van der Waals surface area contributed by atoms with Crippen LogP contribution in [0.15, 0.2) is 4.99 Å². The van der Waals surface area contributed by atoms with Crippen molar-refractivity contribution in [3.8, 4) is 0 Å². The molecule has 2 aliphatic rings. The first-order valence-electron chi connectivity index (χ1n) is 9.56. The van der Waals surface area contributed by atoms with Gasteiger partial charge >= 0.3 is 0 Å². The lowest BCUT2D eigenvalue weighted by Crippen LogP contribution is -2.49. The minimum atomic E-state index is 0. The molecule has 0 amide bonds. The van der Waals surface area contributed by atoms with Crippen molar-refractivity contribution < 1.29 is 9.47 Å². The van der Waals surface area contributed by atoms with Crippen molar-refractivity contribution in [1.82, 2.24) is 15.5 Å². The Hall–Kier alpha value is -0.120. The number of nitrogens with zero attached hydrogens (tertiary/aromatic N) is 2. The van der Waals surface area contributed by atoms with Crippen LogP contribution in [0.1, 0.15) is 39.5 Å². The molecule has 0 aromatic carbocycles. The third kappa shape index (κ3) is 9.40. The lowest BCUT2D eigenvalue weighted by atomic mass is 10.0. The van der Waals surface area contributed by atoms with E-state index >= 15 is 0 Å². The van der Waals surface area contributed by atoms with Gasteiger partial charge in [-0.2, -0.15) is 0 Å². The number of likely N-dealkylation sites (tertiary alicyclic amines) is 1. The number of nitrogens with one attached hydrogen (secondary N) is 2. The van der Waals surface area contributed by atoms with E-state index in [2.05, 4.69) is 34.4 Å². The van der Waals surface area contributed by atoms with Gasteiger partial charge in [0.15, 0.2) is 5.96 Å². The first-order chi connectivity index (χ1) is 11.7. The normalized spacial score (nSPS) is 22.9. The fourth-order valence-corrected chi connectivity index (χ4v) is 3.40. The molecule has 6 nitrogen and oxygen atoms in total. The van der Waals surface area contributed by atoms with Crippen LogP contribution in [-0.4, -0.2) is 76.1 Å². The number of guanidine groups is 1. The summed E-state index contributed by atoms with van der Waals surface area (Å²) in [5, 5.41) is 6.89. The Balaban J connectivity index is 0.00000312. The van der Waals surface area contributed by atoms with E-state index in [9.17, 15) is 0 Å². The highest BCUT2D eigenvalue weighted by atomic mass is 127. The number of halogens is 1. The van der Waals surface area contributed by atoms with Gasteiger partial charge in [-0.3, -0.25) is 4.99 Å². The fourth-order valence-electron chi connectivity index (χ4n) is 3.40. The number of rotatable bonds is 8. The molecule has 0 spiro atoms. The highest BCUT2D eigenvalue weighted by Crippen LogP contribution is 2.12. The van der Waals surface area contributed by atoms with Gasteiger partial charge in [-0.15, -0.1) is 24.0 Å². The van der Waals surface area contributed by atoms with Crippen LogP contribution in [-0.2, 0) is 9.47 Å². The van der Waals surface area contributed by atoms with E-state index in [1.54, 1.807) is 0 Å². The molecule has 2 rings (SSSR count). The van der Waals surface area contributed by atoms with Crippen LogP contribution in [0.5, 0.6) is 0 Å². The van der Waals surface area contributed by atoms with E-state index in [0.717, 1.165) is 31.4 Å². The molecule has 0 aliphatic carbocycles. The number of piperidine rings is 1. The summed E-state index contributed by atoms with van der Waals surface area (Å²) >= 11 is 0. The molecule has 2 heterocycles. The Morgan fingerprint density at radius 2 is 2.04 bits per heavy atom. The third-order valence-electron chi connectivity index (χ3n) is 4.64. The minimum Gasteiger partial charge on any atom is -0.377 e. The Kier molecular flexibility index (Phi) is 12.0. The maximum atomic E-state index is 5.68. The van der Waals surface area contributed by atoms with Crippen LogP contribution in [0.25, 0.3) is 0 Å². The van der Waals surface area contributed by atoms with Crippen LogP contribution in [0.2, 0.25) is 0 Å². The van der Waals surface area contributed by atoms with Crippen molar-refractivity contribution in [1.29, 1.82) is 0 Å². The van der Waals surface area contributed by atoms with Crippen LogP contribution in [0, 0.1) is 5.92 Å². The second-order valence-corrected chi connectivity index (χ2v) is 7.32. The topological polar surface area (TPSA) is 58.1 Å². The van der Waals surface area contributed by atoms with Crippen LogP contribution in [0.4, 0.5) is 0 Å². The second-order valence-electron chi connectivity index (χ2n) is 7.32. The zero-order valence-corrected chi connectivity index (χ0v) is 18.5. The van der Waals surface area contributed by atoms with Crippen LogP contribution >= 0.6 is 24.0 Å². The molecule has 0 radical (unpaired) electrons. The average molecular weight is 468 g/mol. The van der Waals surface area contributed by atoms with Crippen molar-refractivity contribution in [2.75, 3.05) is 53.0 Å². The standard InChI is InChI=1S/C18H36N4O2.HI/c1-15(2)13-22-9-6-16(7-10-22)21-18(19-3)20-8-12-23-14-17-5-4-11-24-17;/h15-17H,4-14H2,1-3H3,(H2,19,20,21);1H. The molecule has 7 heteroatoms. The summed E-state index contributed by atoms with van der Waals surface area (Å²) in [6.45, 7) is 11.2. The number of aliphatic imine (C=N–C) groups is 1. The molecule has 0 bridgehead atoms. The number of ether oxygens (including phenoxy) is 2. The predicted molar refractivity (Wildman–Crippen MR) is 114 cm³/mol. The maximum Gasteiger partial charge on any atom is 0.191 e. The van der Waals surface area contributed by atoms with E-state index in [0.29, 0.717) is 25.4 Å². The fraction of sp³-hybridized carbons (Fsp3) is 0.944. The van der Waals surface area contributed by atoms with Gasteiger partial charge in [-0.25, -0.2) is 0 Å². The molecule has 148 valence electrons. The van der Waals surface area contributed by atoms with Gasteiger partial charge < -0.3 is 25.0 Å². The first kappa shape index (κ1) is 22.9. The minimum absolute atomic E-state index is 0. The van der Waals surface area contributed by atoms with E-state index in [4.69, 9.17) is 9.47 Å². The molecular weight excluding hydrogens is 431 g/mol. The Morgan fingerprint density at radius 3 is 2.64 bits per heavy atom. The largest absolute Gasteiger partial charge is 0.377 e. The summed E-state index contributed by atoms with van der Waals surface area (Å²) in [6, 6.07) is 0.521. The van der Waals surface area contributed by atoms with Gasteiger partial charge in [0.05, 0.1) is 19.3 Å². The zero-order chi connectivity index (χ0) is 17.2. The Bertz CT molecular complexity index is 368. The van der Waals surface area contributed by atoms with Crippen molar-refractivity contribution in [3.63, 3.8) is 0 Å². The van der Waals surface area contributed by atoms with Gasteiger partial charge in [0, 0.05) is 45.9 Å². The molecule has 2 aliphatic heterocycles. The van der Waals surface area contributed by atoms with E-state index in [-0.39, 0.29) is 24.0 Å². The van der Waals surface area contributed by atoms with Gasteiger partial charge in [0.25, 0.3) is 0 Å². The van der Waals surface area contributed by atoms with Crippen molar-refractivity contribution >= 4 is 29.9 Å². The Morgan fingerprint density at radius 1 is 1.28 bits per heavy atom. The van der Waals surface area contributed by atoms with E-state index < -0.39 is 0 Å². The SMILES string of the molecule is CN=C(NCCOCC1CCCO1)NC1CCN(CC(C)C)CC1.I. The highest BCUT2D eigenvalue weighted by molar-refractivity contribution is 14.0. The molecule has 2 N–H and O–H groups in total. The molecule has 0 saturated carbocycles. The van der Waals surface area contributed by atoms with E-state index in [1.807, 2.05) is 7.05 Å². The molecule has 1 atom stereocenters. The smallest absolute Gasteiger partial charge is 0.191 e. The predicted octanol–water partition coefficient (Wildman–Crippen LogP) is 2.09. The summed E-state index contributed by atoms with van der Waals surface area (Å²) in [5.41, 5.74) is 0. The van der Waals surface area contributed by atoms with Gasteiger partial charge in [0.1, 0.15) is 0 Å². The van der Waals surface area contributed by atoms with Crippen molar-refractivity contribution in [2.24, 2.45) is 10.9 Å². The summed E-state index contributed by atoms with van der Waals surface area (Å²) < 4.78 is 11.2. The number of hydrogen-bond acceptors (Lipinski definition) is 4. The lowest BCUT2D eigenvalue weighted by molar-refractivity contribution is 0.0191. The summed E-state index contributed by atoms with van der Waals surface area (Å²) in [5.74, 6) is 1.64. The molecule has 1 unspecified atom stereocenters. The summed E-state index contributed by atoms with van der Waals surface area (Å²) in [7, 11) is 1.83. The van der Waals surface area contributed by atoms with Crippen LogP contribution < -0.4 is 10.6 Å². The average Bonchev–Trinajstić information content (AvgIpc) is 3.08. The van der Waals surface area contributed by atoms with Gasteiger partial charge in [-0.05, 0) is 31.6 Å².